The number of fused-ring (bicyclic) bond motifs is 5. The zero-order valence-corrected chi connectivity index (χ0v) is 31.7. The fourth-order valence-corrected chi connectivity index (χ4v) is 8.55. The first kappa shape index (κ1) is 33.6. The van der Waals surface area contributed by atoms with Crippen molar-refractivity contribution in [2.45, 2.75) is 0 Å². The zero-order chi connectivity index (χ0) is 38.4. The molecule has 0 amide bonds. The van der Waals surface area contributed by atoms with Crippen LogP contribution in [-0.2, 0) is 0 Å². The minimum Gasteiger partial charge on any atom is -0.228 e. The number of hydrogen-bond acceptors (Lipinski definition) is 2. The van der Waals surface area contributed by atoms with E-state index < -0.39 is 0 Å². The van der Waals surface area contributed by atoms with Crippen LogP contribution in [0.15, 0.2) is 218 Å². The van der Waals surface area contributed by atoms with E-state index in [2.05, 4.69) is 200 Å². The van der Waals surface area contributed by atoms with Gasteiger partial charge in [0.05, 0.1) is 11.4 Å². The Bertz CT molecular complexity index is 3290. The molecule has 0 fully saturated rings. The molecule has 0 atom stereocenters. The Hall–Kier alpha value is -7.68. The normalized spacial score (nSPS) is 11.4. The van der Waals surface area contributed by atoms with Gasteiger partial charge >= 0.3 is 0 Å². The average Bonchev–Trinajstić information content (AvgIpc) is 3.31. The second kappa shape index (κ2) is 14.1. The lowest BCUT2D eigenvalue weighted by atomic mass is 9.89. The fraction of sp³-hybridized carbons (Fsp3) is 0. The molecule has 0 unspecified atom stereocenters. The lowest BCUT2D eigenvalue weighted by Crippen LogP contribution is -1.96. The molecule has 1 heterocycles. The van der Waals surface area contributed by atoms with E-state index in [1.807, 2.05) is 18.2 Å². The van der Waals surface area contributed by atoms with Crippen molar-refractivity contribution in [2.75, 3.05) is 0 Å². The van der Waals surface area contributed by atoms with Crippen molar-refractivity contribution >= 4 is 43.1 Å². The summed E-state index contributed by atoms with van der Waals surface area (Å²) in [4.78, 5) is 10.2. The maximum absolute atomic E-state index is 5.10. The molecule has 0 saturated heterocycles. The Morgan fingerprint density at radius 1 is 0.241 bits per heavy atom. The van der Waals surface area contributed by atoms with Crippen LogP contribution in [0.25, 0.3) is 110 Å². The van der Waals surface area contributed by atoms with E-state index in [9.17, 15) is 0 Å². The van der Waals surface area contributed by atoms with Crippen LogP contribution in [0, 0.1) is 0 Å². The van der Waals surface area contributed by atoms with Crippen LogP contribution in [0.5, 0.6) is 0 Å². The summed E-state index contributed by atoms with van der Waals surface area (Å²) in [6, 6.07) is 78.2. The third-order valence-corrected chi connectivity index (χ3v) is 11.5. The van der Waals surface area contributed by atoms with Crippen LogP contribution in [-0.4, -0.2) is 9.97 Å². The molecule has 11 rings (SSSR count). The van der Waals surface area contributed by atoms with Crippen LogP contribution < -0.4 is 0 Å². The molecule has 2 heteroatoms. The summed E-state index contributed by atoms with van der Waals surface area (Å²) in [5, 5.41) is 10.1. The van der Waals surface area contributed by atoms with Gasteiger partial charge in [-0.1, -0.05) is 206 Å². The predicted octanol–water partition coefficient (Wildman–Crippen LogP) is 15.1. The molecule has 270 valence electrons. The average molecular weight is 737 g/mol. The van der Waals surface area contributed by atoms with Crippen molar-refractivity contribution < 1.29 is 0 Å². The van der Waals surface area contributed by atoms with Crippen LogP contribution in [0.3, 0.4) is 0 Å². The molecule has 0 radical (unpaired) electrons. The lowest BCUT2D eigenvalue weighted by Gasteiger charge is -2.14. The first-order chi connectivity index (χ1) is 28.7. The van der Waals surface area contributed by atoms with Crippen LogP contribution >= 0.6 is 0 Å². The first-order valence-corrected chi connectivity index (χ1v) is 19.8. The van der Waals surface area contributed by atoms with E-state index in [0.29, 0.717) is 5.82 Å². The Morgan fingerprint density at radius 2 is 0.741 bits per heavy atom. The van der Waals surface area contributed by atoms with Gasteiger partial charge in [-0.05, 0) is 88.6 Å². The number of aromatic nitrogens is 2. The molecular formula is C56H36N2. The summed E-state index contributed by atoms with van der Waals surface area (Å²) in [7, 11) is 0. The summed E-state index contributed by atoms with van der Waals surface area (Å²) in [6.07, 6.45) is 0. The Kier molecular flexibility index (Phi) is 8.19. The highest BCUT2D eigenvalue weighted by molar-refractivity contribution is 6.20. The summed E-state index contributed by atoms with van der Waals surface area (Å²) in [5.41, 5.74) is 12.1. The quantitative estimate of drug-likeness (QED) is 0.125. The van der Waals surface area contributed by atoms with Gasteiger partial charge in [-0.3, -0.25) is 0 Å². The van der Waals surface area contributed by atoms with Gasteiger partial charge in [0.15, 0.2) is 5.82 Å². The van der Waals surface area contributed by atoms with Crippen LogP contribution in [0.1, 0.15) is 0 Å². The molecule has 0 aliphatic carbocycles. The highest BCUT2D eigenvalue weighted by Crippen LogP contribution is 2.40. The van der Waals surface area contributed by atoms with E-state index in [4.69, 9.17) is 9.97 Å². The molecular weight excluding hydrogens is 701 g/mol. The zero-order valence-electron chi connectivity index (χ0n) is 31.7. The fourth-order valence-electron chi connectivity index (χ4n) is 8.55. The third-order valence-electron chi connectivity index (χ3n) is 11.5. The van der Waals surface area contributed by atoms with Crippen LogP contribution in [0.2, 0.25) is 0 Å². The maximum atomic E-state index is 5.10. The highest BCUT2D eigenvalue weighted by atomic mass is 14.9. The number of hydrogen-bond donors (Lipinski definition) is 0. The van der Waals surface area contributed by atoms with Gasteiger partial charge in [0.1, 0.15) is 0 Å². The van der Waals surface area contributed by atoms with E-state index in [1.54, 1.807) is 0 Å². The predicted molar refractivity (Wildman–Crippen MR) is 245 cm³/mol. The van der Waals surface area contributed by atoms with Gasteiger partial charge in [0.25, 0.3) is 0 Å². The molecule has 10 aromatic carbocycles. The lowest BCUT2D eigenvalue weighted by molar-refractivity contribution is 1.18. The molecule has 58 heavy (non-hydrogen) atoms. The van der Waals surface area contributed by atoms with Gasteiger partial charge in [-0.15, -0.1) is 0 Å². The molecule has 2 nitrogen and oxygen atoms in total. The van der Waals surface area contributed by atoms with Crippen molar-refractivity contribution in [1.29, 1.82) is 0 Å². The van der Waals surface area contributed by atoms with Crippen molar-refractivity contribution in [3.05, 3.63) is 218 Å². The Labute approximate surface area is 337 Å². The summed E-state index contributed by atoms with van der Waals surface area (Å²) in [6.45, 7) is 0. The molecule has 0 aliphatic rings. The van der Waals surface area contributed by atoms with Gasteiger partial charge < -0.3 is 0 Å². The molecule has 0 spiro atoms. The van der Waals surface area contributed by atoms with Gasteiger partial charge in [-0.25, -0.2) is 9.97 Å². The van der Waals surface area contributed by atoms with E-state index in [-0.39, 0.29) is 0 Å². The standard InChI is InChI=1S/C56H36N2/c1-2-13-45(14-3-1)56-57-53(36-54(58-56)43-29-25-41(26-30-43)48-20-10-16-39-11-4-7-17-47(39)48)42-27-21-37(22-28-42)38-23-31-44(32-24-38)55-50-19-9-6-15-46(50)35-52-49-18-8-5-12-40(49)33-34-51(52)55/h1-36H. The monoisotopic (exact) mass is 736 g/mol. The first-order valence-electron chi connectivity index (χ1n) is 19.8. The molecule has 11 aromatic rings. The maximum Gasteiger partial charge on any atom is 0.160 e. The Morgan fingerprint density at radius 3 is 1.41 bits per heavy atom. The largest absolute Gasteiger partial charge is 0.228 e. The van der Waals surface area contributed by atoms with Crippen LogP contribution in [0.4, 0.5) is 0 Å². The van der Waals surface area contributed by atoms with Crippen molar-refractivity contribution in [1.82, 2.24) is 9.97 Å². The topological polar surface area (TPSA) is 25.8 Å². The smallest absolute Gasteiger partial charge is 0.160 e. The van der Waals surface area contributed by atoms with Crippen molar-refractivity contribution in [3.8, 4) is 67.3 Å². The number of benzene rings is 10. The number of nitrogens with zero attached hydrogens (tertiary/aromatic N) is 2. The summed E-state index contributed by atoms with van der Waals surface area (Å²) < 4.78 is 0. The van der Waals surface area contributed by atoms with Gasteiger partial charge in [-0.2, -0.15) is 0 Å². The van der Waals surface area contributed by atoms with Crippen molar-refractivity contribution in [2.24, 2.45) is 0 Å². The van der Waals surface area contributed by atoms with E-state index in [1.165, 1.54) is 70.9 Å². The van der Waals surface area contributed by atoms with Gasteiger partial charge in [0.2, 0.25) is 0 Å². The molecule has 1 aromatic heterocycles. The second-order valence-corrected chi connectivity index (χ2v) is 14.9. The number of rotatable bonds is 6. The molecule has 0 aliphatic heterocycles. The summed E-state index contributed by atoms with van der Waals surface area (Å²) >= 11 is 0. The van der Waals surface area contributed by atoms with Gasteiger partial charge in [0, 0.05) is 16.7 Å². The minimum absolute atomic E-state index is 0.708. The molecule has 0 saturated carbocycles. The molecule has 0 N–H and O–H groups in total. The summed E-state index contributed by atoms with van der Waals surface area (Å²) in [5.74, 6) is 0.708. The highest BCUT2D eigenvalue weighted by Gasteiger charge is 2.14. The van der Waals surface area contributed by atoms with E-state index >= 15 is 0 Å². The van der Waals surface area contributed by atoms with E-state index in [0.717, 1.165) is 33.6 Å². The SMILES string of the molecule is c1ccc(-c2nc(-c3ccc(-c4ccc(-c5c6ccccc6cc6c5ccc5ccccc56)cc4)cc3)cc(-c3ccc(-c4cccc5ccccc45)cc3)n2)cc1. The second-order valence-electron chi connectivity index (χ2n) is 14.9. The Balaban J connectivity index is 0.938. The third kappa shape index (κ3) is 6.00. The van der Waals surface area contributed by atoms with Crippen molar-refractivity contribution in [3.63, 3.8) is 0 Å². The molecule has 0 bridgehead atoms. The minimum atomic E-state index is 0.708.